The fourth-order valence-corrected chi connectivity index (χ4v) is 1.59. The number of nitrogens with zero attached hydrogens (tertiary/aromatic N) is 1. The van der Waals surface area contributed by atoms with Gasteiger partial charge in [0, 0.05) is 17.3 Å². The Morgan fingerprint density at radius 2 is 2.00 bits per heavy atom. The van der Waals surface area contributed by atoms with Crippen LogP contribution in [0.15, 0.2) is 12.1 Å². The number of hydrogen-bond acceptors (Lipinski definition) is 5. The van der Waals surface area contributed by atoms with Crippen molar-refractivity contribution in [2.24, 2.45) is 0 Å². The Balaban J connectivity index is 3.38. The number of carboxylic acid groups (broad SMARTS) is 1. The number of carbonyl (C=O) groups is 1. The second-order valence-corrected chi connectivity index (χ2v) is 5.25. The van der Waals surface area contributed by atoms with Crippen LogP contribution in [0, 0.1) is 17.0 Å². The number of aromatic carboxylic acids is 1. The van der Waals surface area contributed by atoms with Crippen LogP contribution in [0.3, 0.4) is 0 Å². The molecule has 0 fully saturated rings. The highest BCUT2D eigenvalue weighted by Crippen LogP contribution is 2.30. The van der Waals surface area contributed by atoms with Gasteiger partial charge in [0.25, 0.3) is 5.69 Å². The third kappa shape index (κ3) is 3.24. The molecule has 0 radical (unpaired) electrons. The molecule has 0 aliphatic carbocycles. The zero-order valence-corrected chi connectivity index (χ0v) is 11.8. The number of rotatable bonds is 5. The minimum atomic E-state index is -1.24. The fourth-order valence-electron chi connectivity index (χ4n) is 1.59. The zero-order valence-electron chi connectivity index (χ0n) is 11.8. The molecule has 1 aromatic rings. The van der Waals surface area contributed by atoms with Crippen LogP contribution in [0.4, 0.5) is 11.4 Å². The number of anilines is 1. The topological polar surface area (TPSA) is 113 Å². The molecule has 0 spiro atoms. The Morgan fingerprint density at radius 3 is 2.40 bits per heavy atom. The Hall–Kier alpha value is -2.15. The summed E-state index contributed by atoms with van der Waals surface area (Å²) >= 11 is 0. The maximum atomic E-state index is 11.0. The van der Waals surface area contributed by atoms with Crippen LogP contribution in [0.1, 0.15) is 36.7 Å². The van der Waals surface area contributed by atoms with Gasteiger partial charge in [-0.15, -0.1) is 0 Å². The molecule has 7 nitrogen and oxygen atoms in total. The maximum absolute atomic E-state index is 11.0. The van der Waals surface area contributed by atoms with Gasteiger partial charge in [0.05, 0.1) is 22.1 Å². The summed E-state index contributed by atoms with van der Waals surface area (Å²) in [6.07, 6.45) is -0.727. The Morgan fingerprint density at radius 1 is 1.45 bits per heavy atom. The van der Waals surface area contributed by atoms with Gasteiger partial charge in [-0.25, -0.2) is 4.79 Å². The van der Waals surface area contributed by atoms with Gasteiger partial charge >= 0.3 is 5.97 Å². The summed E-state index contributed by atoms with van der Waals surface area (Å²) < 4.78 is 0. The quantitative estimate of drug-likeness (QED) is 0.563. The number of hydrogen-bond donors (Lipinski definition) is 3. The highest BCUT2D eigenvalue weighted by atomic mass is 16.6. The van der Waals surface area contributed by atoms with Gasteiger partial charge in [-0.05, 0) is 33.8 Å². The molecule has 1 unspecified atom stereocenters. The molecular weight excluding hydrogens is 264 g/mol. The van der Waals surface area contributed by atoms with Crippen LogP contribution >= 0.6 is 0 Å². The second kappa shape index (κ2) is 5.46. The number of aliphatic hydroxyl groups excluding tert-OH is 1. The van der Waals surface area contributed by atoms with E-state index in [1.807, 2.05) is 0 Å². The van der Waals surface area contributed by atoms with Crippen molar-refractivity contribution in [2.75, 3.05) is 5.32 Å². The van der Waals surface area contributed by atoms with Gasteiger partial charge in [0.15, 0.2) is 0 Å². The van der Waals surface area contributed by atoms with E-state index in [0.717, 1.165) is 6.07 Å². The van der Waals surface area contributed by atoms with Crippen molar-refractivity contribution in [3.05, 3.63) is 33.4 Å². The average Bonchev–Trinajstić information content (AvgIpc) is 2.30. The van der Waals surface area contributed by atoms with E-state index in [4.69, 9.17) is 5.11 Å². The predicted molar refractivity (Wildman–Crippen MR) is 74.2 cm³/mol. The highest BCUT2D eigenvalue weighted by molar-refractivity contribution is 5.90. The molecule has 1 atom stereocenters. The lowest BCUT2D eigenvalue weighted by Gasteiger charge is -2.31. The van der Waals surface area contributed by atoms with Crippen molar-refractivity contribution in [3.63, 3.8) is 0 Å². The average molecular weight is 282 g/mol. The number of aliphatic hydroxyl groups is 1. The molecule has 0 aliphatic heterocycles. The summed E-state index contributed by atoms with van der Waals surface area (Å²) in [6, 6.07) is 2.35. The maximum Gasteiger partial charge on any atom is 0.336 e. The molecule has 0 heterocycles. The van der Waals surface area contributed by atoms with Gasteiger partial charge in [-0.3, -0.25) is 10.1 Å². The van der Waals surface area contributed by atoms with Gasteiger partial charge in [-0.1, -0.05) is 0 Å². The normalized spacial score (nSPS) is 12.8. The van der Waals surface area contributed by atoms with Crippen molar-refractivity contribution in [3.8, 4) is 0 Å². The van der Waals surface area contributed by atoms with Crippen molar-refractivity contribution in [1.82, 2.24) is 0 Å². The van der Waals surface area contributed by atoms with Crippen LogP contribution in [0.25, 0.3) is 0 Å². The van der Waals surface area contributed by atoms with E-state index in [1.54, 1.807) is 20.8 Å². The number of benzene rings is 1. The van der Waals surface area contributed by atoms with Crippen LogP contribution in [0.2, 0.25) is 0 Å². The first-order valence-electron chi connectivity index (χ1n) is 6.05. The Kier molecular flexibility index (Phi) is 4.34. The molecular formula is C13H18N2O5. The largest absolute Gasteiger partial charge is 0.478 e. The smallest absolute Gasteiger partial charge is 0.336 e. The first-order chi connectivity index (χ1) is 9.06. The fraction of sp³-hybridized carbons (Fsp3) is 0.462. The van der Waals surface area contributed by atoms with Gasteiger partial charge in [0.2, 0.25) is 0 Å². The molecule has 0 aliphatic rings. The van der Waals surface area contributed by atoms with Gasteiger partial charge in [0.1, 0.15) is 0 Å². The molecule has 0 amide bonds. The summed E-state index contributed by atoms with van der Waals surface area (Å²) in [4.78, 5) is 21.4. The Labute approximate surface area is 116 Å². The summed E-state index contributed by atoms with van der Waals surface area (Å²) in [6.45, 7) is 6.55. The lowest BCUT2D eigenvalue weighted by atomic mass is 9.97. The molecule has 110 valence electrons. The first kappa shape index (κ1) is 15.9. The predicted octanol–water partition coefficient (Wildman–Crippen LogP) is 2.17. The number of nitro groups is 1. The summed E-state index contributed by atoms with van der Waals surface area (Å²) in [5.41, 5.74) is -0.549. The van der Waals surface area contributed by atoms with E-state index >= 15 is 0 Å². The molecule has 0 bridgehead atoms. The SMILES string of the molecule is Cc1c(NC(C)(C)C(C)O)cc(C(=O)O)cc1[N+](=O)[O-]. The molecule has 20 heavy (non-hydrogen) atoms. The molecule has 0 saturated carbocycles. The lowest BCUT2D eigenvalue weighted by molar-refractivity contribution is -0.385. The van der Waals surface area contributed by atoms with Crippen molar-refractivity contribution in [1.29, 1.82) is 0 Å². The first-order valence-corrected chi connectivity index (χ1v) is 6.05. The van der Waals surface area contributed by atoms with E-state index in [-0.39, 0.29) is 11.3 Å². The van der Waals surface area contributed by atoms with Gasteiger partial charge in [-0.2, -0.15) is 0 Å². The van der Waals surface area contributed by atoms with Crippen LogP contribution < -0.4 is 5.32 Å². The van der Waals surface area contributed by atoms with E-state index < -0.39 is 22.5 Å². The number of nitro benzene ring substituents is 1. The molecule has 0 saturated heterocycles. The third-order valence-electron chi connectivity index (χ3n) is 3.33. The third-order valence-corrected chi connectivity index (χ3v) is 3.33. The molecule has 1 rings (SSSR count). The standard InChI is InChI=1S/C13H18N2O5/c1-7-10(14-13(3,4)8(2)16)5-9(12(17)18)6-11(7)15(19)20/h5-6,8,14,16H,1-4H3,(H,17,18). The van der Waals surface area contributed by atoms with E-state index in [2.05, 4.69) is 5.32 Å². The van der Waals surface area contributed by atoms with Crippen LogP contribution in [-0.4, -0.2) is 32.7 Å². The molecule has 0 aromatic heterocycles. The summed E-state index contributed by atoms with van der Waals surface area (Å²) in [5, 5.41) is 32.6. The number of nitrogens with one attached hydrogen (secondary N) is 1. The summed E-state index contributed by atoms with van der Waals surface area (Å²) in [5.74, 6) is -1.24. The van der Waals surface area contributed by atoms with Crippen LogP contribution in [0.5, 0.6) is 0 Å². The monoisotopic (exact) mass is 282 g/mol. The number of carboxylic acids is 1. The molecule has 3 N–H and O–H groups in total. The minimum absolute atomic E-state index is 0.175. The summed E-state index contributed by atoms with van der Waals surface area (Å²) in [7, 11) is 0. The lowest BCUT2D eigenvalue weighted by Crippen LogP contribution is -2.42. The zero-order chi connectivity index (χ0) is 15.7. The van der Waals surface area contributed by atoms with Gasteiger partial charge < -0.3 is 15.5 Å². The molecule has 1 aromatic carbocycles. The van der Waals surface area contributed by atoms with E-state index in [1.165, 1.54) is 13.0 Å². The van der Waals surface area contributed by atoms with E-state index in [0.29, 0.717) is 11.3 Å². The second-order valence-electron chi connectivity index (χ2n) is 5.25. The van der Waals surface area contributed by atoms with Crippen molar-refractivity contribution >= 4 is 17.3 Å². The highest BCUT2D eigenvalue weighted by Gasteiger charge is 2.27. The van der Waals surface area contributed by atoms with E-state index in [9.17, 15) is 20.0 Å². The van der Waals surface area contributed by atoms with Crippen molar-refractivity contribution in [2.45, 2.75) is 39.3 Å². The Bertz CT molecular complexity index is 552. The van der Waals surface area contributed by atoms with Crippen LogP contribution in [-0.2, 0) is 0 Å². The van der Waals surface area contributed by atoms with Crippen molar-refractivity contribution < 1.29 is 19.9 Å². The molecule has 7 heteroatoms. The minimum Gasteiger partial charge on any atom is -0.478 e.